The van der Waals surface area contributed by atoms with E-state index in [0.29, 0.717) is 12.4 Å². The monoisotopic (exact) mass is 158 g/mol. The topological polar surface area (TPSA) is 38.7 Å². The third-order valence-corrected chi connectivity index (χ3v) is 2.11. The highest BCUT2D eigenvalue weighted by Gasteiger charge is 2.38. The summed E-state index contributed by atoms with van der Waals surface area (Å²) in [6, 6.07) is 0. The maximum atomic E-state index is 9.05. The number of rotatable bonds is 3. The van der Waals surface area contributed by atoms with Crippen molar-refractivity contribution < 1.29 is 14.6 Å². The lowest BCUT2D eigenvalue weighted by molar-refractivity contribution is -0.0424. The maximum Gasteiger partial charge on any atom is 0.147 e. The molecule has 11 heavy (non-hydrogen) atoms. The van der Waals surface area contributed by atoms with Crippen LogP contribution in [-0.4, -0.2) is 31.0 Å². The van der Waals surface area contributed by atoms with Crippen molar-refractivity contribution in [1.29, 1.82) is 0 Å². The number of hydrogen-bond acceptors (Lipinski definition) is 3. The Morgan fingerprint density at radius 2 is 2.55 bits per heavy atom. The summed E-state index contributed by atoms with van der Waals surface area (Å²) in [5.41, 5.74) is -0.616. The summed E-state index contributed by atoms with van der Waals surface area (Å²) in [5, 5.41) is 9.05. The van der Waals surface area contributed by atoms with Crippen molar-refractivity contribution in [3.63, 3.8) is 0 Å². The molecule has 0 aromatic rings. The van der Waals surface area contributed by atoms with Crippen LogP contribution in [0, 0.1) is 0 Å². The van der Waals surface area contributed by atoms with Gasteiger partial charge in [0.05, 0.1) is 13.7 Å². The summed E-state index contributed by atoms with van der Waals surface area (Å²) in [6.45, 7) is 4.33. The van der Waals surface area contributed by atoms with E-state index < -0.39 is 5.60 Å². The zero-order valence-corrected chi connectivity index (χ0v) is 6.80. The van der Waals surface area contributed by atoms with Crippen molar-refractivity contribution in [3.8, 4) is 0 Å². The number of methoxy groups -OCH3 is 1. The maximum absolute atomic E-state index is 9.05. The van der Waals surface area contributed by atoms with Gasteiger partial charge in [-0.2, -0.15) is 0 Å². The number of aliphatic hydroxyl groups excluding tert-OH is 1. The van der Waals surface area contributed by atoms with E-state index >= 15 is 0 Å². The first-order valence-electron chi connectivity index (χ1n) is 3.73. The number of ether oxygens (including phenoxy) is 2. The third kappa shape index (κ3) is 1.39. The lowest BCUT2D eigenvalue weighted by Crippen LogP contribution is -2.35. The van der Waals surface area contributed by atoms with Crippen molar-refractivity contribution in [2.45, 2.75) is 18.4 Å². The van der Waals surface area contributed by atoms with E-state index in [1.165, 1.54) is 0 Å². The van der Waals surface area contributed by atoms with Crippen LogP contribution in [0.2, 0.25) is 0 Å². The fourth-order valence-electron chi connectivity index (χ4n) is 1.32. The lowest BCUT2D eigenvalue weighted by Gasteiger charge is -2.26. The minimum absolute atomic E-state index is 0.0420. The van der Waals surface area contributed by atoms with Gasteiger partial charge in [-0.25, -0.2) is 0 Å². The summed E-state index contributed by atoms with van der Waals surface area (Å²) in [5.74, 6) is 0.525. The predicted molar refractivity (Wildman–Crippen MR) is 41.2 cm³/mol. The Hall–Kier alpha value is -0.540. The van der Waals surface area contributed by atoms with Crippen molar-refractivity contribution in [1.82, 2.24) is 0 Å². The standard InChI is InChI=1S/C8H14O3/c1-7(10-2)8(6-9)4-3-5-11-8/h9H,1,3-6H2,2H3. The number of hydrogen-bond donors (Lipinski definition) is 1. The van der Waals surface area contributed by atoms with Gasteiger partial charge in [0.25, 0.3) is 0 Å². The Bertz CT molecular complexity index is 147. The molecule has 0 radical (unpaired) electrons. The van der Waals surface area contributed by atoms with Gasteiger partial charge in [-0.05, 0) is 12.8 Å². The van der Waals surface area contributed by atoms with Gasteiger partial charge >= 0.3 is 0 Å². The Balaban J connectivity index is 2.66. The molecule has 0 spiro atoms. The highest BCUT2D eigenvalue weighted by Crippen LogP contribution is 2.31. The van der Waals surface area contributed by atoms with E-state index in [-0.39, 0.29) is 6.61 Å². The second-order valence-corrected chi connectivity index (χ2v) is 2.73. The molecule has 1 aliphatic rings. The van der Waals surface area contributed by atoms with Gasteiger partial charge in [0.15, 0.2) is 0 Å². The first kappa shape index (κ1) is 8.56. The smallest absolute Gasteiger partial charge is 0.147 e. The van der Waals surface area contributed by atoms with Crippen molar-refractivity contribution in [2.24, 2.45) is 0 Å². The highest BCUT2D eigenvalue weighted by molar-refractivity contribution is 5.08. The summed E-state index contributed by atoms with van der Waals surface area (Å²) in [6.07, 6.45) is 1.76. The van der Waals surface area contributed by atoms with Crippen LogP contribution in [0.15, 0.2) is 12.3 Å². The van der Waals surface area contributed by atoms with Gasteiger partial charge in [-0.3, -0.25) is 0 Å². The van der Waals surface area contributed by atoms with Gasteiger partial charge in [0.1, 0.15) is 11.4 Å². The van der Waals surface area contributed by atoms with E-state index in [9.17, 15) is 0 Å². The second-order valence-electron chi connectivity index (χ2n) is 2.73. The van der Waals surface area contributed by atoms with E-state index in [2.05, 4.69) is 6.58 Å². The molecule has 1 saturated heterocycles. The normalized spacial score (nSPS) is 30.4. The molecule has 1 N–H and O–H groups in total. The molecule has 0 bridgehead atoms. The highest BCUT2D eigenvalue weighted by atomic mass is 16.6. The summed E-state index contributed by atoms with van der Waals surface area (Å²) in [7, 11) is 1.54. The molecule has 0 aliphatic carbocycles. The first-order valence-corrected chi connectivity index (χ1v) is 3.73. The van der Waals surface area contributed by atoms with Crippen LogP contribution in [0.3, 0.4) is 0 Å². The molecule has 0 saturated carbocycles. The molecule has 1 aliphatic heterocycles. The molecule has 64 valence electrons. The molecular weight excluding hydrogens is 144 g/mol. The largest absolute Gasteiger partial charge is 0.499 e. The van der Waals surface area contributed by atoms with Crippen LogP contribution in [0.25, 0.3) is 0 Å². The molecule has 0 aromatic carbocycles. The SMILES string of the molecule is C=C(OC)C1(CO)CCCO1. The summed E-state index contributed by atoms with van der Waals surface area (Å²) >= 11 is 0. The Kier molecular flexibility index (Phi) is 2.52. The van der Waals surface area contributed by atoms with Crippen molar-refractivity contribution in [2.75, 3.05) is 20.3 Å². The van der Waals surface area contributed by atoms with Gasteiger partial charge in [-0.15, -0.1) is 0 Å². The zero-order valence-electron chi connectivity index (χ0n) is 6.80. The van der Waals surface area contributed by atoms with Crippen LogP contribution < -0.4 is 0 Å². The molecule has 1 atom stereocenters. The lowest BCUT2D eigenvalue weighted by atomic mass is 10.00. The molecule has 3 nitrogen and oxygen atoms in total. The molecule has 1 unspecified atom stereocenters. The zero-order chi connectivity index (χ0) is 8.32. The minimum Gasteiger partial charge on any atom is -0.499 e. The average Bonchev–Trinajstić information content (AvgIpc) is 2.52. The van der Waals surface area contributed by atoms with Gasteiger partial charge in [-0.1, -0.05) is 6.58 Å². The summed E-state index contributed by atoms with van der Waals surface area (Å²) in [4.78, 5) is 0. The van der Waals surface area contributed by atoms with E-state index in [4.69, 9.17) is 14.6 Å². The predicted octanol–water partition coefficient (Wildman–Crippen LogP) is 0.688. The average molecular weight is 158 g/mol. The quantitative estimate of drug-likeness (QED) is 0.614. The van der Waals surface area contributed by atoms with Gasteiger partial charge in [0, 0.05) is 6.61 Å². The molecule has 3 heteroatoms. The fraction of sp³-hybridized carbons (Fsp3) is 0.750. The van der Waals surface area contributed by atoms with Gasteiger partial charge < -0.3 is 14.6 Å². The molecule has 1 rings (SSSR count). The van der Waals surface area contributed by atoms with E-state index in [0.717, 1.165) is 12.8 Å². The molecule has 0 amide bonds. The Morgan fingerprint density at radius 1 is 1.82 bits per heavy atom. The van der Waals surface area contributed by atoms with Crippen LogP contribution >= 0.6 is 0 Å². The molecule has 1 heterocycles. The molecule has 1 fully saturated rings. The van der Waals surface area contributed by atoms with Crippen molar-refractivity contribution >= 4 is 0 Å². The fourth-order valence-corrected chi connectivity index (χ4v) is 1.32. The number of aliphatic hydroxyl groups is 1. The van der Waals surface area contributed by atoms with E-state index in [1.807, 2.05) is 0 Å². The molecular formula is C8H14O3. The van der Waals surface area contributed by atoms with Crippen LogP contribution in [0.5, 0.6) is 0 Å². The Labute approximate surface area is 66.6 Å². The minimum atomic E-state index is -0.616. The Morgan fingerprint density at radius 3 is 2.91 bits per heavy atom. The second kappa shape index (κ2) is 3.24. The van der Waals surface area contributed by atoms with Crippen LogP contribution in [-0.2, 0) is 9.47 Å². The van der Waals surface area contributed by atoms with Crippen LogP contribution in [0.1, 0.15) is 12.8 Å². The first-order chi connectivity index (χ1) is 5.25. The summed E-state index contributed by atoms with van der Waals surface area (Å²) < 4.78 is 10.3. The van der Waals surface area contributed by atoms with Crippen LogP contribution in [0.4, 0.5) is 0 Å². The van der Waals surface area contributed by atoms with Crippen molar-refractivity contribution in [3.05, 3.63) is 12.3 Å². The third-order valence-electron chi connectivity index (χ3n) is 2.11. The molecule has 0 aromatic heterocycles. The van der Waals surface area contributed by atoms with Gasteiger partial charge in [0.2, 0.25) is 0 Å². The van der Waals surface area contributed by atoms with E-state index in [1.54, 1.807) is 7.11 Å².